The Bertz CT molecular complexity index is 1400. The Hall–Kier alpha value is -3.70. The van der Waals surface area contributed by atoms with E-state index in [0.29, 0.717) is 30.3 Å². The fraction of sp³-hybridized carbons (Fsp3) is 0.333. The normalized spacial score (nSPS) is 11.8. The Balaban J connectivity index is 2.02. The molecule has 1 atom stereocenters. The van der Waals surface area contributed by atoms with Crippen LogP contribution in [0.1, 0.15) is 26.3 Å². The molecule has 0 saturated carbocycles. The lowest BCUT2D eigenvalue weighted by Gasteiger charge is -2.32. The molecule has 0 heterocycles. The van der Waals surface area contributed by atoms with Crippen LogP contribution in [0.25, 0.3) is 0 Å². The van der Waals surface area contributed by atoms with Gasteiger partial charge in [0, 0.05) is 18.0 Å². The molecule has 11 heteroatoms. The Labute approximate surface area is 246 Å². The Kier molecular flexibility index (Phi) is 11.5. The van der Waals surface area contributed by atoms with Gasteiger partial charge in [-0.05, 0) is 93.3 Å². The van der Waals surface area contributed by atoms with Gasteiger partial charge in [-0.3, -0.25) is 13.9 Å². The molecule has 0 aliphatic carbocycles. The van der Waals surface area contributed by atoms with Crippen LogP contribution in [-0.2, 0) is 26.2 Å². The maximum absolute atomic E-state index is 14.0. The van der Waals surface area contributed by atoms with E-state index in [-0.39, 0.29) is 17.3 Å². The van der Waals surface area contributed by atoms with Crippen molar-refractivity contribution in [3.8, 4) is 11.5 Å². The van der Waals surface area contributed by atoms with E-state index in [1.165, 1.54) is 28.8 Å². The van der Waals surface area contributed by atoms with Gasteiger partial charge in [0.25, 0.3) is 10.0 Å². The molecule has 0 aliphatic heterocycles. The standard InChI is InChI=1S/C30H37N3O6S2/c1-6-31-30(35)22(3)32(20-23-8-12-25(38-4)13-9-23)29(34)21-33(24-10-14-26(15-11-24)39-7-2)41(36,37)28-18-16-27(40-5)17-19-28/h8-19,22H,6-7,20-21H2,1-5H3,(H,31,35)/t22-/m0/s1. The number of ether oxygens (including phenoxy) is 2. The molecule has 3 rings (SSSR count). The lowest BCUT2D eigenvalue weighted by Crippen LogP contribution is -2.51. The molecule has 41 heavy (non-hydrogen) atoms. The first-order valence-electron chi connectivity index (χ1n) is 13.2. The zero-order valence-electron chi connectivity index (χ0n) is 24.0. The third kappa shape index (κ3) is 8.17. The molecule has 0 unspecified atom stereocenters. The van der Waals surface area contributed by atoms with Gasteiger partial charge < -0.3 is 19.7 Å². The number of benzene rings is 3. The van der Waals surface area contributed by atoms with Gasteiger partial charge in [0.15, 0.2) is 0 Å². The molecule has 3 aromatic rings. The summed E-state index contributed by atoms with van der Waals surface area (Å²) in [5, 5.41) is 2.75. The quantitative estimate of drug-likeness (QED) is 0.271. The van der Waals surface area contributed by atoms with Gasteiger partial charge in [-0.1, -0.05) is 12.1 Å². The van der Waals surface area contributed by atoms with Crippen molar-refractivity contribution in [1.82, 2.24) is 10.2 Å². The Morgan fingerprint density at radius 2 is 1.54 bits per heavy atom. The molecule has 3 aromatic carbocycles. The maximum Gasteiger partial charge on any atom is 0.264 e. The number of methoxy groups -OCH3 is 1. The van der Waals surface area contributed by atoms with Crippen LogP contribution in [0.4, 0.5) is 5.69 Å². The van der Waals surface area contributed by atoms with Crippen molar-refractivity contribution in [3.05, 3.63) is 78.4 Å². The fourth-order valence-electron chi connectivity index (χ4n) is 4.11. The van der Waals surface area contributed by atoms with Gasteiger partial charge in [0.1, 0.15) is 24.1 Å². The monoisotopic (exact) mass is 599 g/mol. The van der Waals surface area contributed by atoms with Gasteiger partial charge in [0.2, 0.25) is 11.8 Å². The summed E-state index contributed by atoms with van der Waals surface area (Å²) < 4.78 is 39.7. The second kappa shape index (κ2) is 14.8. The largest absolute Gasteiger partial charge is 0.497 e. The van der Waals surface area contributed by atoms with Crippen LogP contribution in [-0.4, -0.2) is 64.2 Å². The zero-order valence-corrected chi connectivity index (χ0v) is 25.6. The van der Waals surface area contributed by atoms with Crippen molar-refractivity contribution in [2.75, 3.05) is 37.4 Å². The van der Waals surface area contributed by atoms with Crippen LogP contribution in [0.2, 0.25) is 0 Å². The average Bonchev–Trinajstić information content (AvgIpc) is 2.99. The molecular weight excluding hydrogens is 562 g/mol. The number of carbonyl (C=O) groups excluding carboxylic acids is 2. The topological polar surface area (TPSA) is 105 Å². The molecule has 1 N–H and O–H groups in total. The molecule has 0 bridgehead atoms. The summed E-state index contributed by atoms with van der Waals surface area (Å²) in [6.45, 7) is 5.72. The number of hydrogen-bond donors (Lipinski definition) is 1. The highest BCUT2D eigenvalue weighted by molar-refractivity contribution is 7.98. The summed E-state index contributed by atoms with van der Waals surface area (Å²) in [5.74, 6) is 0.370. The Morgan fingerprint density at radius 3 is 2.07 bits per heavy atom. The highest BCUT2D eigenvalue weighted by atomic mass is 32.2. The highest BCUT2D eigenvalue weighted by Gasteiger charge is 2.32. The minimum atomic E-state index is -4.15. The summed E-state index contributed by atoms with van der Waals surface area (Å²) >= 11 is 1.50. The molecule has 0 aromatic heterocycles. The van der Waals surface area contributed by atoms with Gasteiger partial charge in [-0.15, -0.1) is 11.8 Å². The van der Waals surface area contributed by atoms with E-state index in [2.05, 4.69) is 5.32 Å². The number of rotatable bonds is 14. The fourth-order valence-corrected chi connectivity index (χ4v) is 5.93. The predicted octanol–water partition coefficient (Wildman–Crippen LogP) is 4.56. The van der Waals surface area contributed by atoms with E-state index in [1.807, 2.05) is 13.2 Å². The van der Waals surface area contributed by atoms with Crippen molar-refractivity contribution in [2.45, 2.75) is 43.1 Å². The lowest BCUT2D eigenvalue weighted by atomic mass is 10.1. The molecule has 2 amide bonds. The van der Waals surface area contributed by atoms with Crippen LogP contribution >= 0.6 is 11.8 Å². The number of nitrogens with zero attached hydrogens (tertiary/aromatic N) is 2. The van der Waals surface area contributed by atoms with Gasteiger partial charge in [-0.2, -0.15) is 0 Å². The molecule has 0 aliphatic rings. The molecule has 9 nitrogen and oxygen atoms in total. The van der Waals surface area contributed by atoms with E-state index in [9.17, 15) is 18.0 Å². The third-order valence-electron chi connectivity index (χ3n) is 6.39. The van der Waals surface area contributed by atoms with Crippen molar-refractivity contribution in [2.24, 2.45) is 0 Å². The number of thioether (sulfide) groups is 1. The number of carbonyl (C=O) groups is 2. The summed E-state index contributed by atoms with van der Waals surface area (Å²) in [7, 11) is -2.59. The van der Waals surface area contributed by atoms with Crippen LogP contribution in [0.3, 0.4) is 0 Å². The molecule has 0 radical (unpaired) electrons. The van der Waals surface area contributed by atoms with E-state index < -0.39 is 28.5 Å². The molecule has 220 valence electrons. The number of nitrogens with one attached hydrogen (secondary N) is 1. The van der Waals surface area contributed by atoms with Crippen molar-refractivity contribution in [3.63, 3.8) is 0 Å². The highest BCUT2D eigenvalue weighted by Crippen LogP contribution is 2.28. The van der Waals surface area contributed by atoms with Crippen LogP contribution in [0, 0.1) is 0 Å². The minimum absolute atomic E-state index is 0.0514. The van der Waals surface area contributed by atoms with Crippen molar-refractivity contribution < 1.29 is 27.5 Å². The lowest BCUT2D eigenvalue weighted by molar-refractivity contribution is -0.139. The van der Waals surface area contributed by atoms with Crippen LogP contribution < -0.4 is 19.1 Å². The summed E-state index contributed by atoms with van der Waals surface area (Å²) in [6.07, 6.45) is 1.90. The molecule has 0 fully saturated rings. The van der Waals surface area contributed by atoms with Crippen molar-refractivity contribution in [1.29, 1.82) is 0 Å². The van der Waals surface area contributed by atoms with Crippen LogP contribution in [0.5, 0.6) is 11.5 Å². The van der Waals surface area contributed by atoms with Gasteiger partial charge in [0.05, 0.1) is 24.3 Å². The first kappa shape index (κ1) is 31.8. The van der Waals surface area contributed by atoms with Gasteiger partial charge >= 0.3 is 0 Å². The summed E-state index contributed by atoms with van der Waals surface area (Å²) in [4.78, 5) is 29.1. The Morgan fingerprint density at radius 1 is 0.927 bits per heavy atom. The van der Waals surface area contributed by atoms with E-state index >= 15 is 0 Å². The maximum atomic E-state index is 14.0. The van der Waals surface area contributed by atoms with E-state index in [0.717, 1.165) is 14.8 Å². The SMILES string of the molecule is CCNC(=O)[C@H](C)N(Cc1ccc(OC)cc1)C(=O)CN(c1ccc(OCC)cc1)S(=O)(=O)c1ccc(SC)cc1. The zero-order chi connectivity index (χ0) is 30.0. The van der Waals surface area contributed by atoms with Gasteiger partial charge in [-0.25, -0.2) is 8.42 Å². The molecule has 0 saturated heterocycles. The average molecular weight is 600 g/mol. The minimum Gasteiger partial charge on any atom is -0.497 e. The number of likely N-dealkylation sites (N-methyl/N-ethyl adjacent to an activating group) is 1. The first-order valence-corrected chi connectivity index (χ1v) is 15.9. The number of amides is 2. The second-order valence-corrected chi connectivity index (χ2v) is 11.8. The summed E-state index contributed by atoms with van der Waals surface area (Å²) in [6, 6.07) is 19.3. The number of sulfonamides is 1. The molecular formula is C30H37N3O6S2. The summed E-state index contributed by atoms with van der Waals surface area (Å²) in [5.41, 5.74) is 1.06. The first-order chi connectivity index (χ1) is 19.6. The van der Waals surface area contributed by atoms with E-state index in [4.69, 9.17) is 9.47 Å². The molecule has 0 spiro atoms. The van der Waals surface area contributed by atoms with Crippen LogP contribution in [0.15, 0.2) is 82.6 Å². The number of hydrogen-bond acceptors (Lipinski definition) is 7. The van der Waals surface area contributed by atoms with Crippen molar-refractivity contribution >= 4 is 39.3 Å². The second-order valence-electron chi connectivity index (χ2n) is 9.05. The number of anilines is 1. The van der Waals surface area contributed by atoms with E-state index in [1.54, 1.807) is 81.6 Å². The smallest absolute Gasteiger partial charge is 0.264 e. The third-order valence-corrected chi connectivity index (χ3v) is 8.92. The predicted molar refractivity (Wildman–Crippen MR) is 162 cm³/mol.